The van der Waals surface area contributed by atoms with Crippen molar-refractivity contribution in [1.29, 1.82) is 0 Å². The molecule has 4 atom stereocenters. The van der Waals surface area contributed by atoms with E-state index in [0.717, 1.165) is 37.1 Å². The highest BCUT2D eigenvalue weighted by molar-refractivity contribution is 5.76. The number of ether oxygens (including phenoxy) is 1. The Kier molecular flexibility index (Phi) is 3.99. The quantitative estimate of drug-likeness (QED) is 0.846. The first-order chi connectivity index (χ1) is 10.1. The van der Waals surface area contributed by atoms with Crippen LogP contribution in [0.4, 0.5) is 0 Å². The Morgan fingerprint density at radius 2 is 2.33 bits per heavy atom. The molecule has 1 aromatic rings. The maximum absolute atomic E-state index is 12.1. The van der Waals surface area contributed by atoms with Crippen molar-refractivity contribution in [3.05, 3.63) is 17.5 Å². The van der Waals surface area contributed by atoms with Gasteiger partial charge in [-0.15, -0.1) is 0 Å². The molecule has 0 aromatic carbocycles. The van der Waals surface area contributed by atoms with Crippen molar-refractivity contribution in [1.82, 2.24) is 10.1 Å². The highest BCUT2D eigenvalue weighted by Gasteiger charge is 2.47. The van der Waals surface area contributed by atoms with Gasteiger partial charge < -0.3 is 14.4 Å². The zero-order valence-corrected chi connectivity index (χ0v) is 12.5. The Morgan fingerprint density at radius 3 is 3.00 bits per heavy atom. The minimum absolute atomic E-state index is 0.195. The van der Waals surface area contributed by atoms with Crippen LogP contribution in [0.5, 0.6) is 0 Å². The maximum atomic E-state index is 12.1. The molecule has 1 aliphatic carbocycles. The fraction of sp³-hybridized carbons (Fsp3) is 0.733. The molecule has 21 heavy (non-hydrogen) atoms. The third kappa shape index (κ3) is 2.82. The summed E-state index contributed by atoms with van der Waals surface area (Å²) in [4.78, 5) is 14.2. The van der Waals surface area contributed by atoms with Crippen molar-refractivity contribution < 1.29 is 19.2 Å². The number of likely N-dealkylation sites (tertiary alicyclic amines) is 1. The van der Waals surface area contributed by atoms with Gasteiger partial charge >= 0.3 is 5.97 Å². The van der Waals surface area contributed by atoms with E-state index in [2.05, 4.69) is 10.1 Å². The number of fused-ring (bicyclic) bond motifs is 1. The number of methoxy groups -OCH3 is 1. The molecule has 0 bridgehead atoms. The summed E-state index contributed by atoms with van der Waals surface area (Å²) < 4.78 is 10.1. The Bertz CT molecular complexity index is 516. The molecule has 0 spiro atoms. The van der Waals surface area contributed by atoms with Gasteiger partial charge in [0.1, 0.15) is 11.8 Å². The van der Waals surface area contributed by atoms with Crippen molar-refractivity contribution in [3.8, 4) is 0 Å². The number of carbonyl (C=O) groups is 1. The van der Waals surface area contributed by atoms with Crippen LogP contribution in [0.2, 0.25) is 0 Å². The summed E-state index contributed by atoms with van der Waals surface area (Å²) in [6.07, 6.45) is 3.04. The van der Waals surface area contributed by atoms with E-state index in [9.17, 15) is 9.90 Å². The lowest BCUT2D eigenvalue weighted by Crippen LogP contribution is -2.44. The van der Waals surface area contributed by atoms with Crippen LogP contribution in [0.3, 0.4) is 0 Å². The monoisotopic (exact) mass is 294 g/mol. The fourth-order valence-electron chi connectivity index (χ4n) is 3.80. The van der Waals surface area contributed by atoms with Crippen LogP contribution in [0.1, 0.15) is 37.1 Å². The number of nitrogens with zero attached hydrogens (tertiary/aromatic N) is 2. The van der Waals surface area contributed by atoms with Crippen LogP contribution in [-0.2, 0) is 16.1 Å². The Hall–Kier alpha value is -1.40. The third-order valence-corrected chi connectivity index (χ3v) is 4.78. The number of aliphatic hydroxyl groups excluding tert-OH is 1. The van der Waals surface area contributed by atoms with Crippen LogP contribution in [0.25, 0.3) is 0 Å². The minimum Gasteiger partial charge on any atom is -0.468 e. The second-order valence-corrected chi connectivity index (χ2v) is 6.17. The zero-order chi connectivity index (χ0) is 15.0. The van der Waals surface area contributed by atoms with Crippen LogP contribution in [0.15, 0.2) is 10.6 Å². The standard InChI is InChI=1S/C15H22N2O4/c1-9-5-11(16-21-9)8-17-13-7-12(18)4-3-10(13)6-14(17)15(19)20-2/h5,10,12-14,18H,3-4,6-8H2,1-2H3/t10-,12-,13-,14+/m1/s1. The predicted octanol–water partition coefficient (Wildman–Crippen LogP) is 1.26. The molecule has 1 aromatic heterocycles. The molecular weight excluding hydrogens is 272 g/mol. The lowest BCUT2D eigenvalue weighted by atomic mass is 9.83. The summed E-state index contributed by atoms with van der Waals surface area (Å²) in [6, 6.07) is 1.86. The third-order valence-electron chi connectivity index (χ3n) is 4.78. The molecule has 2 aliphatic rings. The molecule has 3 rings (SSSR count). The van der Waals surface area contributed by atoms with Gasteiger partial charge in [0.25, 0.3) is 0 Å². The second-order valence-electron chi connectivity index (χ2n) is 6.17. The number of carbonyl (C=O) groups excluding carboxylic acids is 1. The van der Waals surface area contributed by atoms with E-state index in [-0.39, 0.29) is 24.2 Å². The normalized spacial score (nSPS) is 32.9. The smallest absolute Gasteiger partial charge is 0.323 e. The molecule has 1 N–H and O–H groups in total. The van der Waals surface area contributed by atoms with Gasteiger partial charge in [0.2, 0.25) is 0 Å². The van der Waals surface area contributed by atoms with Crippen LogP contribution in [0, 0.1) is 12.8 Å². The molecule has 0 amide bonds. The first kappa shape index (κ1) is 14.5. The van der Waals surface area contributed by atoms with E-state index in [4.69, 9.17) is 9.26 Å². The molecule has 1 aliphatic heterocycles. The van der Waals surface area contributed by atoms with Crippen molar-refractivity contribution in [2.24, 2.45) is 5.92 Å². The number of aryl methyl sites for hydroxylation is 1. The van der Waals surface area contributed by atoms with Crippen molar-refractivity contribution in [3.63, 3.8) is 0 Å². The van der Waals surface area contributed by atoms with Crippen molar-refractivity contribution in [2.75, 3.05) is 7.11 Å². The lowest BCUT2D eigenvalue weighted by molar-refractivity contribution is -0.146. The maximum Gasteiger partial charge on any atom is 0.323 e. The highest BCUT2D eigenvalue weighted by atomic mass is 16.5. The average Bonchev–Trinajstić information content (AvgIpc) is 3.03. The average molecular weight is 294 g/mol. The number of aromatic nitrogens is 1. The van der Waals surface area contributed by atoms with Crippen LogP contribution >= 0.6 is 0 Å². The van der Waals surface area contributed by atoms with E-state index < -0.39 is 0 Å². The molecule has 0 unspecified atom stereocenters. The zero-order valence-electron chi connectivity index (χ0n) is 12.5. The minimum atomic E-state index is -0.274. The number of rotatable bonds is 3. The molecular formula is C15H22N2O4. The SMILES string of the molecule is COC(=O)[C@@H]1C[C@H]2CC[C@@H](O)C[C@H]2N1Cc1cc(C)on1. The largest absolute Gasteiger partial charge is 0.468 e. The van der Waals surface area contributed by atoms with Gasteiger partial charge in [-0.1, -0.05) is 5.16 Å². The van der Waals surface area contributed by atoms with E-state index >= 15 is 0 Å². The topological polar surface area (TPSA) is 75.8 Å². The summed E-state index contributed by atoms with van der Waals surface area (Å²) in [5.41, 5.74) is 0.821. The summed E-state index contributed by atoms with van der Waals surface area (Å²) in [6.45, 7) is 2.41. The first-order valence-corrected chi connectivity index (χ1v) is 7.52. The van der Waals surface area contributed by atoms with Crippen LogP contribution < -0.4 is 0 Å². The number of esters is 1. The van der Waals surface area contributed by atoms with Crippen molar-refractivity contribution >= 4 is 5.97 Å². The molecule has 1 saturated heterocycles. The Labute approximate surface area is 124 Å². The number of aliphatic hydroxyl groups is 1. The van der Waals surface area contributed by atoms with Gasteiger partial charge in [0, 0.05) is 18.7 Å². The molecule has 6 nitrogen and oxygen atoms in total. The Morgan fingerprint density at radius 1 is 1.52 bits per heavy atom. The second kappa shape index (κ2) is 5.77. The summed E-state index contributed by atoms with van der Waals surface area (Å²) in [5.74, 6) is 1.02. The molecule has 2 fully saturated rings. The van der Waals surface area contributed by atoms with Gasteiger partial charge in [-0.25, -0.2) is 0 Å². The molecule has 116 valence electrons. The van der Waals surface area contributed by atoms with E-state index in [1.807, 2.05) is 13.0 Å². The van der Waals surface area contributed by atoms with Gasteiger partial charge in [0.15, 0.2) is 0 Å². The van der Waals surface area contributed by atoms with E-state index in [1.165, 1.54) is 7.11 Å². The Balaban J connectivity index is 1.81. The number of hydrogen-bond acceptors (Lipinski definition) is 6. The first-order valence-electron chi connectivity index (χ1n) is 7.52. The number of hydrogen-bond donors (Lipinski definition) is 1. The van der Waals surface area contributed by atoms with Gasteiger partial charge in [-0.05, 0) is 38.5 Å². The summed E-state index contributed by atoms with van der Waals surface area (Å²) in [7, 11) is 1.43. The molecule has 0 radical (unpaired) electrons. The predicted molar refractivity (Wildman–Crippen MR) is 74.3 cm³/mol. The van der Waals surface area contributed by atoms with E-state index in [0.29, 0.717) is 12.5 Å². The van der Waals surface area contributed by atoms with Gasteiger partial charge in [-0.3, -0.25) is 9.69 Å². The molecule has 6 heteroatoms. The summed E-state index contributed by atoms with van der Waals surface area (Å²) >= 11 is 0. The molecule has 2 heterocycles. The van der Waals surface area contributed by atoms with Crippen molar-refractivity contribution in [2.45, 2.75) is 57.3 Å². The fourth-order valence-corrected chi connectivity index (χ4v) is 3.80. The van der Waals surface area contributed by atoms with E-state index in [1.54, 1.807) is 0 Å². The lowest BCUT2D eigenvalue weighted by Gasteiger charge is -2.34. The molecule has 1 saturated carbocycles. The van der Waals surface area contributed by atoms with Crippen LogP contribution in [-0.4, -0.2) is 46.4 Å². The van der Waals surface area contributed by atoms with Gasteiger partial charge in [0.05, 0.1) is 18.9 Å². The summed E-state index contributed by atoms with van der Waals surface area (Å²) in [5, 5.41) is 14.0. The van der Waals surface area contributed by atoms with Gasteiger partial charge in [-0.2, -0.15) is 0 Å². The highest BCUT2D eigenvalue weighted by Crippen LogP contribution is 2.40.